The summed E-state index contributed by atoms with van der Waals surface area (Å²) in [6, 6.07) is 8.46. The van der Waals surface area contributed by atoms with Crippen molar-refractivity contribution in [1.82, 2.24) is 5.32 Å². The van der Waals surface area contributed by atoms with Crippen molar-refractivity contribution < 1.29 is 5.11 Å². The first kappa shape index (κ1) is 13.6. The zero-order chi connectivity index (χ0) is 13.2. The van der Waals surface area contributed by atoms with Crippen LogP contribution in [0.5, 0.6) is 0 Å². The van der Waals surface area contributed by atoms with Crippen molar-refractivity contribution in [3.63, 3.8) is 0 Å². The van der Waals surface area contributed by atoms with E-state index in [1.54, 1.807) is 0 Å². The number of aliphatic hydroxyl groups excluding tert-OH is 1. The molecule has 1 aliphatic rings. The highest BCUT2D eigenvalue weighted by molar-refractivity contribution is 5.29. The summed E-state index contributed by atoms with van der Waals surface area (Å²) >= 11 is 0. The number of hydrogen-bond donors (Lipinski definition) is 2. The first-order valence-electron chi connectivity index (χ1n) is 6.98. The van der Waals surface area contributed by atoms with Crippen LogP contribution in [0, 0.1) is 5.92 Å². The van der Waals surface area contributed by atoms with E-state index >= 15 is 0 Å². The van der Waals surface area contributed by atoms with Gasteiger partial charge in [0.2, 0.25) is 0 Å². The Morgan fingerprint density at radius 1 is 1.22 bits per heavy atom. The lowest BCUT2D eigenvalue weighted by molar-refractivity contribution is 0.0921. The maximum absolute atomic E-state index is 10.4. The van der Waals surface area contributed by atoms with Crippen LogP contribution in [0.15, 0.2) is 24.3 Å². The van der Waals surface area contributed by atoms with E-state index < -0.39 is 0 Å². The van der Waals surface area contributed by atoms with Gasteiger partial charge in [0.05, 0.1) is 6.10 Å². The summed E-state index contributed by atoms with van der Waals surface area (Å²) in [7, 11) is 0. The first-order valence-corrected chi connectivity index (χ1v) is 6.98. The normalized spacial score (nSPS) is 22.8. The number of rotatable bonds is 2. The molecule has 1 aliphatic heterocycles. The highest BCUT2D eigenvalue weighted by Gasteiger charge is 2.23. The van der Waals surface area contributed by atoms with Crippen LogP contribution in [0.1, 0.15) is 50.8 Å². The van der Waals surface area contributed by atoms with Gasteiger partial charge in [0.1, 0.15) is 0 Å². The van der Waals surface area contributed by atoms with Crippen molar-refractivity contribution in [2.45, 2.75) is 45.1 Å². The molecule has 100 valence electrons. The minimum Gasteiger partial charge on any atom is -0.388 e. The zero-order valence-electron chi connectivity index (χ0n) is 11.7. The molecule has 0 aromatic heterocycles. The molecule has 1 aromatic rings. The average Bonchev–Trinajstić information content (AvgIpc) is 2.38. The second-order valence-electron chi connectivity index (χ2n) is 6.42. The van der Waals surface area contributed by atoms with Gasteiger partial charge in [-0.1, -0.05) is 45.0 Å². The topological polar surface area (TPSA) is 32.3 Å². The standard InChI is InChI=1S/C16H25NO/c1-16(2,3)14-8-6-12(7-9-14)15(18)13-5-4-10-17-11-13/h6-9,13,15,17-18H,4-5,10-11H2,1-3H3. The summed E-state index contributed by atoms with van der Waals surface area (Å²) in [5.41, 5.74) is 2.55. The average molecular weight is 247 g/mol. The van der Waals surface area contributed by atoms with Crippen LogP contribution >= 0.6 is 0 Å². The molecule has 1 heterocycles. The van der Waals surface area contributed by atoms with E-state index in [9.17, 15) is 5.11 Å². The van der Waals surface area contributed by atoms with Gasteiger partial charge in [-0.2, -0.15) is 0 Å². The Bertz CT molecular complexity index is 371. The largest absolute Gasteiger partial charge is 0.388 e. The highest BCUT2D eigenvalue weighted by Crippen LogP contribution is 2.29. The number of benzene rings is 1. The van der Waals surface area contributed by atoms with E-state index in [2.05, 4.69) is 50.4 Å². The third kappa shape index (κ3) is 3.12. The van der Waals surface area contributed by atoms with E-state index in [-0.39, 0.29) is 11.5 Å². The fourth-order valence-corrected chi connectivity index (χ4v) is 2.60. The monoisotopic (exact) mass is 247 g/mol. The van der Waals surface area contributed by atoms with Gasteiger partial charge in [0.15, 0.2) is 0 Å². The Morgan fingerprint density at radius 2 is 1.89 bits per heavy atom. The fourth-order valence-electron chi connectivity index (χ4n) is 2.60. The highest BCUT2D eigenvalue weighted by atomic mass is 16.3. The second-order valence-corrected chi connectivity index (χ2v) is 6.42. The van der Waals surface area contributed by atoms with Crippen molar-refractivity contribution in [3.8, 4) is 0 Å². The minimum atomic E-state index is -0.327. The number of aliphatic hydroxyl groups is 1. The van der Waals surface area contributed by atoms with Crippen molar-refractivity contribution in [1.29, 1.82) is 0 Å². The lowest BCUT2D eigenvalue weighted by atomic mass is 9.84. The van der Waals surface area contributed by atoms with Crippen LogP contribution in [0.3, 0.4) is 0 Å². The van der Waals surface area contributed by atoms with Crippen molar-refractivity contribution in [2.24, 2.45) is 5.92 Å². The first-order chi connectivity index (χ1) is 8.48. The Labute approximate surface area is 110 Å². The number of piperidine rings is 1. The molecule has 1 aromatic carbocycles. The molecule has 0 bridgehead atoms. The van der Waals surface area contributed by atoms with Crippen LogP contribution in [0.25, 0.3) is 0 Å². The van der Waals surface area contributed by atoms with Crippen molar-refractivity contribution in [3.05, 3.63) is 35.4 Å². The summed E-state index contributed by atoms with van der Waals surface area (Å²) in [5, 5.41) is 13.8. The molecular weight excluding hydrogens is 222 g/mol. The van der Waals surface area contributed by atoms with Gasteiger partial charge in [0.25, 0.3) is 0 Å². The quantitative estimate of drug-likeness (QED) is 0.842. The van der Waals surface area contributed by atoms with E-state index in [1.807, 2.05) is 0 Å². The molecule has 0 radical (unpaired) electrons. The van der Waals surface area contributed by atoms with Crippen LogP contribution < -0.4 is 5.32 Å². The van der Waals surface area contributed by atoms with Gasteiger partial charge in [-0.15, -0.1) is 0 Å². The van der Waals surface area contributed by atoms with Gasteiger partial charge >= 0.3 is 0 Å². The Balaban J connectivity index is 2.09. The molecule has 2 N–H and O–H groups in total. The third-order valence-corrected chi connectivity index (χ3v) is 3.90. The smallest absolute Gasteiger partial charge is 0.0830 e. The fraction of sp³-hybridized carbons (Fsp3) is 0.625. The summed E-state index contributed by atoms with van der Waals surface area (Å²) in [5.74, 6) is 0.360. The SMILES string of the molecule is CC(C)(C)c1ccc(C(O)C2CCCNC2)cc1. The lowest BCUT2D eigenvalue weighted by Crippen LogP contribution is -2.33. The maximum atomic E-state index is 10.4. The molecule has 2 nitrogen and oxygen atoms in total. The molecule has 2 heteroatoms. The summed E-state index contributed by atoms with van der Waals surface area (Å²) < 4.78 is 0. The molecule has 1 fully saturated rings. The molecule has 0 amide bonds. The van der Waals surface area contributed by atoms with E-state index in [1.165, 1.54) is 12.0 Å². The minimum absolute atomic E-state index is 0.176. The molecule has 2 unspecified atom stereocenters. The predicted octanol–water partition coefficient (Wildman–Crippen LogP) is 3.02. The van der Waals surface area contributed by atoms with Gasteiger partial charge in [-0.25, -0.2) is 0 Å². The molecule has 1 saturated heterocycles. The molecule has 18 heavy (non-hydrogen) atoms. The van der Waals surface area contributed by atoms with Crippen LogP contribution in [-0.2, 0) is 5.41 Å². The van der Waals surface area contributed by atoms with Crippen LogP contribution in [0.4, 0.5) is 0 Å². The van der Waals surface area contributed by atoms with Crippen LogP contribution in [0.2, 0.25) is 0 Å². The number of nitrogens with one attached hydrogen (secondary N) is 1. The zero-order valence-corrected chi connectivity index (χ0v) is 11.7. The Kier molecular flexibility index (Phi) is 4.08. The summed E-state index contributed by atoms with van der Waals surface area (Å²) in [4.78, 5) is 0. The molecule has 2 atom stereocenters. The van der Waals surface area contributed by atoms with Crippen LogP contribution in [-0.4, -0.2) is 18.2 Å². The maximum Gasteiger partial charge on any atom is 0.0830 e. The summed E-state index contributed by atoms with van der Waals surface area (Å²) in [6.07, 6.45) is 1.96. The van der Waals surface area contributed by atoms with Crippen molar-refractivity contribution >= 4 is 0 Å². The third-order valence-electron chi connectivity index (χ3n) is 3.90. The Hall–Kier alpha value is -0.860. The van der Waals surface area contributed by atoms with Gasteiger partial charge in [-0.3, -0.25) is 0 Å². The molecule has 2 rings (SSSR count). The van der Waals surface area contributed by atoms with E-state index in [0.29, 0.717) is 5.92 Å². The predicted molar refractivity (Wildman–Crippen MR) is 75.7 cm³/mol. The number of hydrogen-bond acceptors (Lipinski definition) is 2. The van der Waals surface area contributed by atoms with E-state index in [4.69, 9.17) is 0 Å². The molecule has 0 spiro atoms. The molecular formula is C16H25NO. The lowest BCUT2D eigenvalue weighted by Gasteiger charge is -2.28. The van der Waals surface area contributed by atoms with Gasteiger partial charge < -0.3 is 10.4 Å². The molecule has 0 saturated carbocycles. The Morgan fingerprint density at radius 3 is 2.39 bits per heavy atom. The van der Waals surface area contributed by atoms with Gasteiger partial charge in [-0.05, 0) is 35.9 Å². The summed E-state index contributed by atoms with van der Waals surface area (Å²) in [6.45, 7) is 8.66. The molecule has 0 aliphatic carbocycles. The van der Waals surface area contributed by atoms with Gasteiger partial charge in [0, 0.05) is 12.5 Å². The van der Waals surface area contributed by atoms with Crippen molar-refractivity contribution in [2.75, 3.05) is 13.1 Å². The van der Waals surface area contributed by atoms with E-state index in [0.717, 1.165) is 25.1 Å². The second kappa shape index (κ2) is 5.41.